The zero-order valence-corrected chi connectivity index (χ0v) is 18.2. The summed E-state index contributed by atoms with van der Waals surface area (Å²) in [5, 5.41) is 10.3. The van der Waals surface area contributed by atoms with Crippen LogP contribution in [0.4, 0.5) is 5.69 Å². The van der Waals surface area contributed by atoms with E-state index in [-0.39, 0.29) is 11.9 Å². The Kier molecular flexibility index (Phi) is 7.80. The molecule has 7 nitrogen and oxygen atoms in total. The van der Waals surface area contributed by atoms with E-state index < -0.39 is 5.41 Å². The van der Waals surface area contributed by atoms with E-state index in [4.69, 9.17) is 16.3 Å². The lowest BCUT2D eigenvalue weighted by molar-refractivity contribution is -0.128. The molecule has 0 aromatic heterocycles. The third kappa shape index (κ3) is 5.67. The van der Waals surface area contributed by atoms with Gasteiger partial charge in [-0.2, -0.15) is 0 Å². The number of ether oxygens (including phenoxy) is 1. The molecule has 1 saturated heterocycles. The lowest BCUT2D eigenvalue weighted by Gasteiger charge is -2.26. The van der Waals surface area contributed by atoms with E-state index in [1.54, 1.807) is 14.2 Å². The molecule has 1 aliphatic heterocycles. The average Bonchev–Trinajstić information content (AvgIpc) is 3.13. The number of benzene rings is 1. The van der Waals surface area contributed by atoms with E-state index >= 15 is 0 Å². The van der Waals surface area contributed by atoms with Crippen molar-refractivity contribution in [2.24, 2.45) is 10.4 Å². The average molecular weight is 410 g/mol. The third-order valence-corrected chi connectivity index (χ3v) is 5.12. The molecule has 28 heavy (non-hydrogen) atoms. The number of carbonyl (C=O) groups excluding carboxylic acids is 1. The van der Waals surface area contributed by atoms with Crippen LogP contribution in [0.1, 0.15) is 27.2 Å². The van der Waals surface area contributed by atoms with Crippen LogP contribution in [-0.2, 0) is 4.79 Å². The van der Waals surface area contributed by atoms with Crippen LogP contribution in [0.3, 0.4) is 0 Å². The van der Waals surface area contributed by atoms with Crippen molar-refractivity contribution in [3.05, 3.63) is 23.2 Å². The maximum absolute atomic E-state index is 12.2. The first-order valence-electron chi connectivity index (χ1n) is 9.64. The number of halogens is 1. The van der Waals surface area contributed by atoms with Gasteiger partial charge in [0.1, 0.15) is 5.75 Å². The monoisotopic (exact) mass is 409 g/mol. The Labute approximate surface area is 172 Å². The highest BCUT2D eigenvalue weighted by Crippen LogP contribution is 2.33. The predicted molar refractivity (Wildman–Crippen MR) is 116 cm³/mol. The van der Waals surface area contributed by atoms with Gasteiger partial charge in [-0.1, -0.05) is 11.6 Å². The molecule has 1 aromatic rings. The summed E-state index contributed by atoms with van der Waals surface area (Å²) in [5.74, 6) is 1.54. The molecule has 1 atom stereocenters. The number of nitrogens with one attached hydrogen (secondary N) is 3. The number of rotatable bonds is 7. The van der Waals surface area contributed by atoms with Gasteiger partial charge in [0.05, 0.1) is 18.2 Å². The Balaban J connectivity index is 1.93. The summed E-state index contributed by atoms with van der Waals surface area (Å²) in [7, 11) is 3.40. The van der Waals surface area contributed by atoms with Gasteiger partial charge in [0.25, 0.3) is 0 Å². The number of amides is 1. The molecule has 1 fully saturated rings. The molecule has 156 valence electrons. The molecule has 2 rings (SSSR count). The fourth-order valence-corrected chi connectivity index (χ4v) is 3.35. The third-order valence-electron chi connectivity index (χ3n) is 4.88. The maximum Gasteiger partial charge on any atom is 0.227 e. The molecule has 0 saturated carbocycles. The Morgan fingerprint density at radius 2 is 2.14 bits per heavy atom. The molecular weight excluding hydrogens is 378 g/mol. The molecule has 1 aromatic carbocycles. The minimum absolute atomic E-state index is 0.0260. The smallest absolute Gasteiger partial charge is 0.227 e. The van der Waals surface area contributed by atoms with E-state index in [1.165, 1.54) is 0 Å². The van der Waals surface area contributed by atoms with Crippen molar-refractivity contribution in [1.29, 1.82) is 0 Å². The molecule has 0 bridgehead atoms. The van der Waals surface area contributed by atoms with Gasteiger partial charge in [-0.05, 0) is 45.4 Å². The zero-order valence-electron chi connectivity index (χ0n) is 17.4. The van der Waals surface area contributed by atoms with E-state index in [0.717, 1.165) is 30.9 Å². The van der Waals surface area contributed by atoms with Crippen LogP contribution < -0.4 is 25.6 Å². The Hall–Kier alpha value is -2.15. The van der Waals surface area contributed by atoms with Gasteiger partial charge in [0.15, 0.2) is 5.96 Å². The fraction of sp³-hybridized carbons (Fsp3) is 0.600. The van der Waals surface area contributed by atoms with Gasteiger partial charge in [-0.25, -0.2) is 0 Å². The minimum atomic E-state index is -0.524. The molecule has 0 spiro atoms. The molecular formula is C20H32ClN5O2. The number of nitrogens with zero attached hydrogens (tertiary/aromatic N) is 2. The molecule has 3 N–H and O–H groups in total. The summed E-state index contributed by atoms with van der Waals surface area (Å²) in [6, 6.07) is 5.90. The van der Waals surface area contributed by atoms with Crippen LogP contribution in [0.2, 0.25) is 5.02 Å². The fourth-order valence-electron chi connectivity index (χ4n) is 3.18. The second-order valence-electron chi connectivity index (χ2n) is 7.56. The number of anilines is 1. The standard InChI is InChI=1S/C20H32ClN5O2/c1-6-23-18(27)20(2,3)13-24-19(22-4)25-15-9-10-26(12-15)16-11-14(21)7-8-17(16)28-5/h7-8,11,15H,6,9-10,12-13H2,1-5H3,(H,23,27)(H2,22,24,25). The van der Waals surface area contributed by atoms with Gasteiger partial charge < -0.3 is 25.6 Å². The molecule has 1 amide bonds. The van der Waals surface area contributed by atoms with E-state index in [1.807, 2.05) is 39.0 Å². The Morgan fingerprint density at radius 1 is 1.39 bits per heavy atom. The molecule has 1 unspecified atom stereocenters. The van der Waals surface area contributed by atoms with Crippen LogP contribution in [-0.4, -0.2) is 58.2 Å². The molecule has 8 heteroatoms. The first-order valence-corrected chi connectivity index (χ1v) is 10.0. The van der Waals surface area contributed by atoms with E-state index in [2.05, 4.69) is 25.8 Å². The lowest BCUT2D eigenvalue weighted by Crippen LogP contribution is -2.50. The highest BCUT2D eigenvalue weighted by atomic mass is 35.5. The molecule has 1 heterocycles. The van der Waals surface area contributed by atoms with Crippen LogP contribution in [0.5, 0.6) is 5.75 Å². The van der Waals surface area contributed by atoms with Gasteiger partial charge in [-0.15, -0.1) is 0 Å². The van der Waals surface area contributed by atoms with Crippen molar-refractivity contribution in [1.82, 2.24) is 16.0 Å². The van der Waals surface area contributed by atoms with E-state index in [0.29, 0.717) is 24.1 Å². The second kappa shape index (κ2) is 9.87. The first kappa shape index (κ1) is 22.1. The van der Waals surface area contributed by atoms with Gasteiger partial charge in [0.2, 0.25) is 5.91 Å². The van der Waals surface area contributed by atoms with Crippen molar-refractivity contribution in [2.75, 3.05) is 45.2 Å². The topological polar surface area (TPSA) is 78.0 Å². The van der Waals surface area contributed by atoms with Crippen LogP contribution >= 0.6 is 11.6 Å². The summed E-state index contributed by atoms with van der Waals surface area (Å²) in [6.45, 7) is 8.59. The number of hydrogen-bond acceptors (Lipinski definition) is 4. The Morgan fingerprint density at radius 3 is 2.79 bits per heavy atom. The maximum atomic E-state index is 12.2. The normalized spacial score (nSPS) is 17.4. The molecule has 1 aliphatic rings. The van der Waals surface area contributed by atoms with Gasteiger partial charge in [0, 0.05) is 44.3 Å². The minimum Gasteiger partial charge on any atom is -0.495 e. The largest absolute Gasteiger partial charge is 0.495 e. The summed E-state index contributed by atoms with van der Waals surface area (Å²) in [6.07, 6.45) is 0.968. The first-order chi connectivity index (χ1) is 13.3. The quantitative estimate of drug-likeness (QED) is 0.475. The predicted octanol–water partition coefficient (Wildman–Crippen LogP) is 2.25. The number of hydrogen-bond donors (Lipinski definition) is 3. The molecule has 0 radical (unpaired) electrons. The Bertz CT molecular complexity index is 708. The summed E-state index contributed by atoms with van der Waals surface area (Å²) in [4.78, 5) is 18.7. The van der Waals surface area contributed by atoms with Crippen LogP contribution in [0, 0.1) is 5.41 Å². The highest BCUT2D eigenvalue weighted by Gasteiger charge is 2.29. The summed E-state index contributed by atoms with van der Waals surface area (Å²) in [5.41, 5.74) is 0.475. The second-order valence-corrected chi connectivity index (χ2v) is 8.00. The molecule has 0 aliphatic carbocycles. The van der Waals surface area contributed by atoms with Gasteiger partial charge >= 0.3 is 0 Å². The number of carbonyl (C=O) groups is 1. The van der Waals surface area contributed by atoms with Crippen molar-refractivity contribution >= 4 is 29.2 Å². The lowest BCUT2D eigenvalue weighted by atomic mass is 9.92. The van der Waals surface area contributed by atoms with Crippen LogP contribution in [0.25, 0.3) is 0 Å². The van der Waals surface area contributed by atoms with E-state index in [9.17, 15) is 4.79 Å². The number of aliphatic imine (C=N–C) groups is 1. The SMILES string of the molecule is CCNC(=O)C(C)(C)CNC(=NC)NC1CCN(c2cc(Cl)ccc2OC)C1. The van der Waals surface area contributed by atoms with Gasteiger partial charge in [-0.3, -0.25) is 9.79 Å². The van der Waals surface area contributed by atoms with Crippen LogP contribution in [0.15, 0.2) is 23.2 Å². The number of methoxy groups -OCH3 is 1. The van der Waals surface area contributed by atoms with Crippen molar-refractivity contribution in [2.45, 2.75) is 33.2 Å². The summed E-state index contributed by atoms with van der Waals surface area (Å²) < 4.78 is 5.47. The highest BCUT2D eigenvalue weighted by molar-refractivity contribution is 6.30. The summed E-state index contributed by atoms with van der Waals surface area (Å²) >= 11 is 6.17. The van der Waals surface area contributed by atoms with Crippen molar-refractivity contribution in [3.8, 4) is 5.75 Å². The number of guanidine groups is 1. The van der Waals surface area contributed by atoms with Crippen molar-refractivity contribution < 1.29 is 9.53 Å². The zero-order chi connectivity index (χ0) is 20.7. The van der Waals surface area contributed by atoms with Crippen molar-refractivity contribution in [3.63, 3.8) is 0 Å².